The summed E-state index contributed by atoms with van der Waals surface area (Å²) < 4.78 is 7.04. The number of para-hydroxylation sites is 1. The Hall–Kier alpha value is -1.86. The Labute approximate surface area is 147 Å². The molecule has 130 valence electrons. The Balaban J connectivity index is 2.02. The van der Waals surface area contributed by atoms with Crippen LogP contribution in [0.15, 0.2) is 41.8 Å². The van der Waals surface area contributed by atoms with E-state index in [1.54, 1.807) is 18.3 Å². The minimum absolute atomic E-state index is 0.0696. The largest absolute Gasteiger partial charge is 0.385 e. The number of anilines is 1. The van der Waals surface area contributed by atoms with E-state index in [1.165, 1.54) is 11.8 Å². The number of hydrogen-bond donors (Lipinski definition) is 0. The number of thioether (sulfide) groups is 1. The summed E-state index contributed by atoms with van der Waals surface area (Å²) in [4.78, 5) is 14.6. The van der Waals surface area contributed by atoms with Crippen LogP contribution in [0.5, 0.6) is 0 Å². The summed E-state index contributed by atoms with van der Waals surface area (Å²) in [6.45, 7) is 5.99. The molecule has 1 amide bonds. The Kier molecular flexibility index (Phi) is 7.27. The van der Waals surface area contributed by atoms with Crippen molar-refractivity contribution in [3.63, 3.8) is 0 Å². The summed E-state index contributed by atoms with van der Waals surface area (Å²) in [7, 11) is 1.69. The number of aryl methyl sites for hydroxylation is 1. The lowest BCUT2D eigenvalue weighted by Gasteiger charge is -2.24. The zero-order chi connectivity index (χ0) is 17.4. The first-order valence-electron chi connectivity index (χ1n) is 8.07. The highest BCUT2D eigenvalue weighted by atomic mass is 32.2. The molecule has 0 saturated carbocycles. The van der Waals surface area contributed by atoms with Gasteiger partial charge in [-0.05, 0) is 32.4 Å². The Morgan fingerprint density at radius 1 is 1.38 bits per heavy atom. The van der Waals surface area contributed by atoms with E-state index < -0.39 is 0 Å². The zero-order valence-electron chi connectivity index (χ0n) is 14.4. The van der Waals surface area contributed by atoms with Gasteiger partial charge in [0.2, 0.25) is 5.91 Å². The van der Waals surface area contributed by atoms with Gasteiger partial charge in [0.15, 0.2) is 5.16 Å². The lowest BCUT2D eigenvalue weighted by molar-refractivity contribution is -0.117. The second-order valence-electron chi connectivity index (χ2n) is 5.33. The molecule has 2 rings (SSSR count). The van der Waals surface area contributed by atoms with Gasteiger partial charge in [0.05, 0.1) is 5.25 Å². The first-order valence-corrected chi connectivity index (χ1v) is 8.95. The molecule has 1 unspecified atom stereocenters. The minimum atomic E-state index is -0.240. The van der Waals surface area contributed by atoms with Crippen LogP contribution >= 0.6 is 11.8 Å². The second kappa shape index (κ2) is 9.44. The number of rotatable bonds is 9. The maximum absolute atomic E-state index is 12.8. The first kappa shape index (κ1) is 18.5. The average Bonchev–Trinajstić information content (AvgIpc) is 3.03. The summed E-state index contributed by atoms with van der Waals surface area (Å²) in [6, 6.07) is 9.73. The number of ether oxygens (including phenoxy) is 1. The highest BCUT2D eigenvalue weighted by molar-refractivity contribution is 8.00. The monoisotopic (exact) mass is 348 g/mol. The van der Waals surface area contributed by atoms with Crippen LogP contribution in [-0.2, 0) is 16.1 Å². The van der Waals surface area contributed by atoms with Gasteiger partial charge in [0.25, 0.3) is 0 Å². The van der Waals surface area contributed by atoms with E-state index in [9.17, 15) is 4.79 Å². The van der Waals surface area contributed by atoms with Crippen molar-refractivity contribution < 1.29 is 9.53 Å². The van der Waals surface area contributed by atoms with Gasteiger partial charge in [-0.3, -0.25) is 4.79 Å². The zero-order valence-corrected chi connectivity index (χ0v) is 15.2. The van der Waals surface area contributed by atoms with E-state index in [-0.39, 0.29) is 11.2 Å². The number of benzene rings is 1. The maximum atomic E-state index is 12.8. The fraction of sp³-hybridized carbons (Fsp3) is 0.471. The SMILES string of the molecule is CCN(C(=O)C(C)Sc1nncn1CCCOC)c1ccccc1. The van der Waals surface area contributed by atoms with Gasteiger partial charge in [-0.2, -0.15) is 0 Å². The van der Waals surface area contributed by atoms with E-state index in [1.807, 2.05) is 48.7 Å². The molecule has 24 heavy (non-hydrogen) atoms. The highest BCUT2D eigenvalue weighted by Crippen LogP contribution is 2.25. The molecule has 7 heteroatoms. The molecule has 2 aromatic rings. The van der Waals surface area contributed by atoms with E-state index in [2.05, 4.69) is 10.2 Å². The van der Waals surface area contributed by atoms with Gasteiger partial charge in [0, 0.05) is 32.5 Å². The normalized spacial score (nSPS) is 12.1. The molecule has 0 spiro atoms. The molecule has 0 N–H and O–H groups in total. The van der Waals surface area contributed by atoms with Crippen molar-refractivity contribution >= 4 is 23.4 Å². The van der Waals surface area contributed by atoms with E-state index >= 15 is 0 Å². The van der Waals surface area contributed by atoms with Crippen molar-refractivity contribution in [1.29, 1.82) is 0 Å². The molecule has 0 aliphatic carbocycles. The summed E-state index contributed by atoms with van der Waals surface area (Å²) >= 11 is 1.44. The highest BCUT2D eigenvalue weighted by Gasteiger charge is 2.23. The van der Waals surface area contributed by atoms with E-state index in [4.69, 9.17) is 4.74 Å². The topological polar surface area (TPSA) is 60.2 Å². The van der Waals surface area contributed by atoms with Gasteiger partial charge in [-0.1, -0.05) is 30.0 Å². The number of nitrogens with zero attached hydrogens (tertiary/aromatic N) is 4. The number of methoxy groups -OCH3 is 1. The summed E-state index contributed by atoms with van der Waals surface area (Å²) in [5, 5.41) is 8.62. The standard InChI is InChI=1S/C17H24N4O2S/c1-4-21(15-9-6-5-7-10-15)16(22)14(2)24-17-19-18-13-20(17)11-8-12-23-3/h5-7,9-10,13-14H,4,8,11-12H2,1-3H3. The molecule has 0 aliphatic rings. The second-order valence-corrected chi connectivity index (χ2v) is 6.64. The third-order valence-corrected chi connectivity index (χ3v) is 4.69. The maximum Gasteiger partial charge on any atom is 0.240 e. The molecule has 1 aromatic heterocycles. The number of carbonyl (C=O) groups is 1. The van der Waals surface area contributed by atoms with Crippen molar-refractivity contribution in [2.75, 3.05) is 25.2 Å². The molecular weight excluding hydrogens is 324 g/mol. The fourth-order valence-corrected chi connectivity index (χ4v) is 3.28. The molecular formula is C17H24N4O2S. The lowest BCUT2D eigenvalue weighted by atomic mass is 10.2. The third kappa shape index (κ3) is 4.82. The predicted molar refractivity (Wildman–Crippen MR) is 96.3 cm³/mol. The molecule has 1 aromatic carbocycles. The first-order chi connectivity index (χ1) is 11.7. The molecule has 6 nitrogen and oxygen atoms in total. The summed E-state index contributed by atoms with van der Waals surface area (Å²) in [6.07, 6.45) is 2.58. The molecule has 0 fully saturated rings. The quantitative estimate of drug-likeness (QED) is 0.515. The smallest absolute Gasteiger partial charge is 0.240 e. The van der Waals surface area contributed by atoms with Crippen LogP contribution in [0.3, 0.4) is 0 Å². The van der Waals surface area contributed by atoms with Crippen molar-refractivity contribution in [3.8, 4) is 0 Å². The Bertz CT molecular complexity index is 633. The molecule has 0 bridgehead atoms. The minimum Gasteiger partial charge on any atom is -0.385 e. The van der Waals surface area contributed by atoms with Gasteiger partial charge < -0.3 is 14.2 Å². The Morgan fingerprint density at radius 2 is 2.12 bits per heavy atom. The number of carbonyl (C=O) groups excluding carboxylic acids is 1. The molecule has 0 radical (unpaired) electrons. The lowest BCUT2D eigenvalue weighted by Crippen LogP contribution is -2.36. The molecule has 1 atom stereocenters. The van der Waals surface area contributed by atoms with Crippen LogP contribution in [0.1, 0.15) is 20.3 Å². The van der Waals surface area contributed by atoms with Crippen LogP contribution in [0.2, 0.25) is 0 Å². The van der Waals surface area contributed by atoms with E-state index in [0.717, 1.165) is 23.8 Å². The predicted octanol–water partition coefficient (Wildman–Crippen LogP) is 2.85. The van der Waals surface area contributed by atoms with Crippen molar-refractivity contribution in [2.45, 2.75) is 37.2 Å². The summed E-state index contributed by atoms with van der Waals surface area (Å²) in [5.74, 6) is 0.0696. The van der Waals surface area contributed by atoms with Crippen molar-refractivity contribution in [3.05, 3.63) is 36.7 Å². The third-order valence-electron chi connectivity index (χ3n) is 3.61. The molecule has 0 saturated heterocycles. The molecule has 0 aliphatic heterocycles. The van der Waals surface area contributed by atoms with Gasteiger partial charge >= 0.3 is 0 Å². The number of aromatic nitrogens is 3. The fourth-order valence-electron chi connectivity index (χ4n) is 2.37. The van der Waals surface area contributed by atoms with Crippen LogP contribution < -0.4 is 4.90 Å². The average molecular weight is 348 g/mol. The van der Waals surface area contributed by atoms with Crippen LogP contribution in [0, 0.1) is 0 Å². The number of amides is 1. The van der Waals surface area contributed by atoms with Gasteiger partial charge in [-0.15, -0.1) is 10.2 Å². The van der Waals surface area contributed by atoms with E-state index in [0.29, 0.717) is 13.2 Å². The van der Waals surface area contributed by atoms with Crippen LogP contribution in [0.4, 0.5) is 5.69 Å². The van der Waals surface area contributed by atoms with Gasteiger partial charge in [0.1, 0.15) is 6.33 Å². The number of hydrogen-bond acceptors (Lipinski definition) is 5. The molecule has 1 heterocycles. The van der Waals surface area contributed by atoms with Crippen molar-refractivity contribution in [2.24, 2.45) is 0 Å². The van der Waals surface area contributed by atoms with Crippen molar-refractivity contribution in [1.82, 2.24) is 14.8 Å². The van der Waals surface area contributed by atoms with Gasteiger partial charge in [-0.25, -0.2) is 0 Å². The Morgan fingerprint density at radius 3 is 2.79 bits per heavy atom. The van der Waals surface area contributed by atoms with Crippen LogP contribution in [-0.4, -0.2) is 46.2 Å². The van der Waals surface area contributed by atoms with Crippen LogP contribution in [0.25, 0.3) is 0 Å². The summed E-state index contributed by atoms with van der Waals surface area (Å²) in [5.41, 5.74) is 0.916.